The molecule has 1 unspecified atom stereocenters. The number of rotatable bonds is 1. The van der Waals surface area contributed by atoms with Crippen LogP contribution in [0.5, 0.6) is 0 Å². The number of aryl methyl sites for hydroxylation is 1. The van der Waals surface area contributed by atoms with Crippen molar-refractivity contribution in [2.45, 2.75) is 30.6 Å². The van der Waals surface area contributed by atoms with E-state index < -0.39 is 11.1 Å². The van der Waals surface area contributed by atoms with Gasteiger partial charge in [0.2, 0.25) is 0 Å². The molecule has 0 amide bonds. The summed E-state index contributed by atoms with van der Waals surface area (Å²) in [4.78, 5) is 0.497. The Hall–Kier alpha value is 0.330. The van der Waals surface area contributed by atoms with Crippen LogP contribution in [0.15, 0.2) is 23.1 Å². The van der Waals surface area contributed by atoms with Crippen molar-refractivity contribution in [1.82, 2.24) is 0 Å². The molecule has 70 valence electrons. The van der Waals surface area contributed by atoms with Gasteiger partial charge in [-0.15, -0.1) is 0 Å². The summed E-state index contributed by atoms with van der Waals surface area (Å²) in [5, 5.41) is 0. The van der Waals surface area contributed by atoms with Crippen LogP contribution in [0.2, 0.25) is 0 Å². The van der Waals surface area contributed by atoms with Gasteiger partial charge in [-0.25, -0.2) is 0 Å². The smallest absolute Gasteiger partial charge is 0.768 e. The van der Waals surface area contributed by atoms with E-state index >= 15 is 0 Å². The molecule has 1 atom stereocenters. The van der Waals surface area contributed by atoms with E-state index in [0.29, 0.717) is 4.90 Å². The molecule has 0 saturated carbocycles. The second-order valence-electron chi connectivity index (χ2n) is 3.34. The maximum Gasteiger partial charge on any atom is 1.00 e. The number of hydrogen-bond acceptors (Lipinski definition) is 2. The fraction of sp³-hybridized carbons (Fsp3) is 0.400. The van der Waals surface area contributed by atoms with E-state index in [1.54, 1.807) is 6.07 Å². The van der Waals surface area contributed by atoms with E-state index in [0.717, 1.165) is 24.8 Å². The van der Waals surface area contributed by atoms with Crippen molar-refractivity contribution in [3.05, 3.63) is 29.3 Å². The molecule has 0 heterocycles. The second-order valence-corrected chi connectivity index (χ2v) is 4.24. The largest absolute Gasteiger partial charge is 1.00 e. The average Bonchev–Trinajstić information content (AvgIpc) is 2.17. The predicted molar refractivity (Wildman–Crippen MR) is 50.3 cm³/mol. The summed E-state index contributed by atoms with van der Waals surface area (Å²) in [5.41, 5.74) is 2.26. The molecule has 1 aromatic carbocycles. The third-order valence-electron chi connectivity index (χ3n) is 2.53. The third kappa shape index (κ3) is 2.47. The first kappa shape index (κ1) is 12.4. The zero-order valence-electron chi connectivity index (χ0n) is 8.29. The van der Waals surface area contributed by atoms with Crippen molar-refractivity contribution in [2.75, 3.05) is 0 Å². The predicted octanol–water partition coefficient (Wildman–Crippen LogP) is -1.19. The summed E-state index contributed by atoms with van der Waals surface area (Å²) in [6.45, 7) is 0. The zero-order chi connectivity index (χ0) is 9.26. The quantitative estimate of drug-likeness (QED) is 0.439. The fourth-order valence-corrected chi connectivity index (χ4v) is 2.53. The van der Waals surface area contributed by atoms with Gasteiger partial charge in [0, 0.05) is 4.90 Å². The molecule has 14 heavy (non-hydrogen) atoms. The normalized spacial score (nSPS) is 16.6. The fourth-order valence-electron chi connectivity index (χ4n) is 1.90. The molecule has 0 fully saturated rings. The van der Waals surface area contributed by atoms with Crippen LogP contribution in [0.4, 0.5) is 0 Å². The van der Waals surface area contributed by atoms with Gasteiger partial charge in [0.05, 0.1) is 0 Å². The van der Waals surface area contributed by atoms with Crippen LogP contribution >= 0.6 is 0 Å². The van der Waals surface area contributed by atoms with Crippen molar-refractivity contribution >= 4 is 11.1 Å². The van der Waals surface area contributed by atoms with Crippen LogP contribution in [0, 0.1) is 0 Å². The summed E-state index contributed by atoms with van der Waals surface area (Å²) in [5.74, 6) is 0. The third-order valence-corrected chi connectivity index (χ3v) is 3.27. The minimum Gasteiger partial charge on any atom is -0.768 e. The zero-order valence-corrected chi connectivity index (χ0v) is 11.1. The van der Waals surface area contributed by atoms with Crippen LogP contribution in [-0.4, -0.2) is 8.76 Å². The molecular formula is C10H11NaO2S. The molecule has 2 rings (SSSR count). The molecule has 4 heteroatoms. The minimum atomic E-state index is -2.07. The minimum absolute atomic E-state index is 0. The number of fused-ring (bicyclic) bond motifs is 1. The Morgan fingerprint density at radius 3 is 2.64 bits per heavy atom. The van der Waals surface area contributed by atoms with Gasteiger partial charge in [0.25, 0.3) is 0 Å². The standard InChI is InChI=1S/C10H12O2S.Na/c11-13(12)10-7-3-5-8-4-1-2-6-9(8)10;/h3,5,7H,1-2,4,6H2,(H,11,12);/q;+1/p-1. The van der Waals surface area contributed by atoms with Crippen LogP contribution < -0.4 is 29.6 Å². The first-order valence-corrected chi connectivity index (χ1v) is 5.56. The Labute approximate surface area is 109 Å². The molecule has 0 bridgehead atoms. The first-order chi connectivity index (χ1) is 6.29. The second kappa shape index (κ2) is 5.42. The molecular weight excluding hydrogens is 207 g/mol. The topological polar surface area (TPSA) is 40.1 Å². The van der Waals surface area contributed by atoms with E-state index in [9.17, 15) is 8.76 Å². The van der Waals surface area contributed by atoms with Gasteiger partial charge in [-0.3, -0.25) is 4.21 Å². The molecule has 0 saturated heterocycles. The summed E-state index contributed by atoms with van der Waals surface area (Å²) in [7, 11) is 0. The maximum atomic E-state index is 10.9. The van der Waals surface area contributed by atoms with Crippen LogP contribution in [0.1, 0.15) is 24.0 Å². The Kier molecular flexibility index (Phi) is 4.80. The molecule has 0 radical (unpaired) electrons. The van der Waals surface area contributed by atoms with Gasteiger partial charge in [-0.2, -0.15) is 0 Å². The monoisotopic (exact) mass is 218 g/mol. The van der Waals surface area contributed by atoms with Crippen molar-refractivity contribution < 1.29 is 38.3 Å². The van der Waals surface area contributed by atoms with Gasteiger partial charge >= 0.3 is 29.6 Å². The Balaban J connectivity index is 0.000000980. The number of benzene rings is 1. The molecule has 1 aliphatic rings. The van der Waals surface area contributed by atoms with Crippen LogP contribution in [0.3, 0.4) is 0 Å². The Morgan fingerprint density at radius 1 is 1.21 bits per heavy atom. The molecule has 1 aromatic rings. The first-order valence-electron chi connectivity index (χ1n) is 4.49. The Morgan fingerprint density at radius 2 is 1.93 bits per heavy atom. The molecule has 2 nitrogen and oxygen atoms in total. The van der Waals surface area contributed by atoms with Gasteiger partial charge in [-0.1, -0.05) is 12.1 Å². The van der Waals surface area contributed by atoms with Crippen molar-refractivity contribution in [2.24, 2.45) is 0 Å². The van der Waals surface area contributed by atoms with Crippen LogP contribution in [-0.2, 0) is 23.9 Å². The summed E-state index contributed by atoms with van der Waals surface area (Å²) in [6, 6.07) is 5.55. The van der Waals surface area contributed by atoms with Crippen molar-refractivity contribution in [3.63, 3.8) is 0 Å². The summed E-state index contributed by atoms with van der Waals surface area (Å²) >= 11 is -2.07. The van der Waals surface area contributed by atoms with Gasteiger partial charge in [0.1, 0.15) is 0 Å². The van der Waals surface area contributed by atoms with E-state index in [2.05, 4.69) is 0 Å². The van der Waals surface area contributed by atoms with E-state index in [-0.39, 0.29) is 29.6 Å². The van der Waals surface area contributed by atoms with Gasteiger partial charge in [-0.05, 0) is 54.0 Å². The van der Waals surface area contributed by atoms with Crippen LogP contribution in [0.25, 0.3) is 0 Å². The molecule has 0 spiro atoms. The average molecular weight is 218 g/mol. The Bertz CT molecular complexity index is 352. The molecule has 0 N–H and O–H groups in total. The summed E-state index contributed by atoms with van der Waals surface area (Å²) in [6.07, 6.45) is 4.24. The van der Waals surface area contributed by atoms with E-state index in [4.69, 9.17) is 0 Å². The maximum absolute atomic E-state index is 10.9. The van der Waals surface area contributed by atoms with Crippen molar-refractivity contribution in [3.8, 4) is 0 Å². The van der Waals surface area contributed by atoms with E-state index in [1.165, 1.54) is 12.0 Å². The SMILES string of the molecule is O=S([O-])c1cccc2c1CCCC2.[Na+]. The molecule has 0 aliphatic heterocycles. The van der Waals surface area contributed by atoms with Crippen molar-refractivity contribution in [1.29, 1.82) is 0 Å². The van der Waals surface area contributed by atoms with E-state index in [1.807, 2.05) is 12.1 Å². The summed E-state index contributed by atoms with van der Waals surface area (Å²) < 4.78 is 21.7. The molecule has 0 aromatic heterocycles. The van der Waals surface area contributed by atoms with Gasteiger partial charge < -0.3 is 4.55 Å². The molecule has 1 aliphatic carbocycles. The van der Waals surface area contributed by atoms with Gasteiger partial charge in [0.15, 0.2) is 0 Å². The number of hydrogen-bond donors (Lipinski definition) is 0.